The molecule has 0 aliphatic heterocycles. The molecule has 0 atom stereocenters. The number of ether oxygens (including phenoxy) is 2. The maximum absolute atomic E-state index is 11.8. The molecule has 4 nitrogen and oxygen atoms in total. The molecule has 0 N–H and O–H groups in total. The van der Waals surface area contributed by atoms with Crippen LogP contribution in [0.3, 0.4) is 0 Å². The molecule has 0 unspecified atom stereocenters. The van der Waals surface area contributed by atoms with E-state index in [0.717, 1.165) is 0 Å². The lowest BCUT2D eigenvalue weighted by molar-refractivity contribution is 0.302. The van der Waals surface area contributed by atoms with Crippen LogP contribution in [-0.4, -0.2) is 21.8 Å². The van der Waals surface area contributed by atoms with Crippen molar-refractivity contribution >= 4 is 9.84 Å². The summed E-state index contributed by atoms with van der Waals surface area (Å²) in [5, 5.41) is 0. The minimum Gasteiger partial charge on any atom is -0.497 e. The first-order chi connectivity index (χ1) is 9.50. The number of hydrogen-bond acceptors (Lipinski definition) is 4. The van der Waals surface area contributed by atoms with Crippen LogP contribution < -0.4 is 9.47 Å². The van der Waals surface area contributed by atoms with Crippen LogP contribution in [0, 0.1) is 0 Å². The molecule has 0 saturated carbocycles. The molecule has 106 valence electrons. The summed E-state index contributed by atoms with van der Waals surface area (Å²) >= 11 is 0. The Labute approximate surface area is 118 Å². The van der Waals surface area contributed by atoms with Gasteiger partial charge < -0.3 is 9.47 Å². The van der Waals surface area contributed by atoms with Crippen LogP contribution in [0.15, 0.2) is 53.4 Å². The molecular formula is C15H16O4S. The summed E-state index contributed by atoms with van der Waals surface area (Å²) in [4.78, 5) is 0.229. The van der Waals surface area contributed by atoms with Crippen molar-refractivity contribution < 1.29 is 17.9 Å². The van der Waals surface area contributed by atoms with Crippen molar-refractivity contribution in [2.75, 3.05) is 13.4 Å². The maximum Gasteiger partial charge on any atom is 0.176 e. The van der Waals surface area contributed by atoms with Crippen molar-refractivity contribution in [2.45, 2.75) is 11.5 Å². The summed E-state index contributed by atoms with van der Waals surface area (Å²) in [6.07, 6.45) is 1.17. The van der Waals surface area contributed by atoms with Crippen LogP contribution >= 0.6 is 0 Å². The van der Waals surface area contributed by atoms with E-state index in [1.807, 2.05) is 30.3 Å². The van der Waals surface area contributed by atoms with Crippen LogP contribution in [0.1, 0.15) is 5.56 Å². The van der Waals surface area contributed by atoms with Gasteiger partial charge in [-0.2, -0.15) is 0 Å². The fraction of sp³-hybridized carbons (Fsp3) is 0.200. The Morgan fingerprint density at radius 2 is 1.70 bits per heavy atom. The van der Waals surface area contributed by atoms with Gasteiger partial charge in [0.1, 0.15) is 18.1 Å². The highest BCUT2D eigenvalue weighted by Gasteiger charge is 2.15. The second kappa shape index (κ2) is 5.96. The van der Waals surface area contributed by atoms with E-state index in [-0.39, 0.29) is 11.5 Å². The zero-order valence-corrected chi connectivity index (χ0v) is 12.2. The average molecular weight is 292 g/mol. The summed E-state index contributed by atoms with van der Waals surface area (Å²) in [5.41, 5.74) is 0.608. The summed E-state index contributed by atoms with van der Waals surface area (Å²) in [7, 11) is -1.83. The van der Waals surface area contributed by atoms with E-state index in [2.05, 4.69) is 0 Å². The van der Waals surface area contributed by atoms with Gasteiger partial charge in [-0.1, -0.05) is 24.3 Å². The zero-order chi connectivity index (χ0) is 14.6. The summed E-state index contributed by atoms with van der Waals surface area (Å²) in [6.45, 7) is 0.191. The van der Waals surface area contributed by atoms with Gasteiger partial charge in [0.15, 0.2) is 9.84 Å². The molecule has 0 fully saturated rings. The monoisotopic (exact) mass is 292 g/mol. The van der Waals surface area contributed by atoms with Crippen LogP contribution in [0.4, 0.5) is 0 Å². The largest absolute Gasteiger partial charge is 0.497 e. The summed E-state index contributed by atoms with van der Waals surface area (Å²) in [6, 6.07) is 14.2. The second-order valence-corrected chi connectivity index (χ2v) is 6.33. The number of methoxy groups -OCH3 is 1. The summed E-state index contributed by atoms with van der Waals surface area (Å²) in [5.74, 6) is 1.21. The van der Waals surface area contributed by atoms with E-state index < -0.39 is 9.84 Å². The maximum atomic E-state index is 11.8. The van der Waals surface area contributed by atoms with Gasteiger partial charge in [-0.25, -0.2) is 8.42 Å². The van der Waals surface area contributed by atoms with Crippen molar-refractivity contribution in [2.24, 2.45) is 0 Å². The molecule has 2 rings (SSSR count). The minimum absolute atomic E-state index is 0.191. The van der Waals surface area contributed by atoms with Crippen molar-refractivity contribution in [1.82, 2.24) is 0 Å². The molecule has 0 saturated heterocycles. The van der Waals surface area contributed by atoms with E-state index >= 15 is 0 Å². The molecule has 0 radical (unpaired) electrons. The molecule has 0 spiro atoms. The third kappa shape index (κ3) is 3.51. The smallest absolute Gasteiger partial charge is 0.176 e. The number of benzene rings is 2. The van der Waals surface area contributed by atoms with Gasteiger partial charge >= 0.3 is 0 Å². The predicted octanol–water partition coefficient (Wildman–Crippen LogP) is 2.68. The van der Waals surface area contributed by atoms with E-state index in [4.69, 9.17) is 9.47 Å². The normalized spacial score (nSPS) is 11.1. The molecule has 0 aromatic heterocycles. The van der Waals surface area contributed by atoms with Gasteiger partial charge in [-0.3, -0.25) is 0 Å². The Hall–Kier alpha value is -2.01. The van der Waals surface area contributed by atoms with Crippen LogP contribution in [0.5, 0.6) is 11.5 Å². The van der Waals surface area contributed by atoms with Gasteiger partial charge in [0, 0.05) is 11.8 Å². The SMILES string of the molecule is COc1ccc(COc2ccccc2)c(S(C)(=O)=O)c1. The van der Waals surface area contributed by atoms with Crippen molar-refractivity contribution in [3.05, 3.63) is 54.1 Å². The molecule has 5 heteroatoms. The molecule has 2 aromatic rings. The van der Waals surface area contributed by atoms with Gasteiger partial charge in [-0.05, 0) is 24.3 Å². The second-order valence-electron chi connectivity index (χ2n) is 4.35. The lowest BCUT2D eigenvalue weighted by Crippen LogP contribution is -2.06. The number of para-hydroxylation sites is 1. The van der Waals surface area contributed by atoms with Gasteiger partial charge in [0.2, 0.25) is 0 Å². The average Bonchev–Trinajstić information content (AvgIpc) is 2.45. The summed E-state index contributed by atoms with van der Waals surface area (Å²) < 4.78 is 34.3. The Bertz CT molecular complexity index is 678. The van der Waals surface area contributed by atoms with Gasteiger partial charge in [-0.15, -0.1) is 0 Å². The molecular weight excluding hydrogens is 276 g/mol. The van der Waals surface area contributed by atoms with E-state index in [9.17, 15) is 8.42 Å². The third-order valence-electron chi connectivity index (χ3n) is 2.81. The van der Waals surface area contributed by atoms with Gasteiger partial charge in [0.05, 0.1) is 12.0 Å². The molecule has 0 aliphatic carbocycles. The van der Waals surface area contributed by atoms with Crippen LogP contribution in [0.25, 0.3) is 0 Å². The highest BCUT2D eigenvalue weighted by Crippen LogP contribution is 2.23. The molecule has 0 aliphatic rings. The highest BCUT2D eigenvalue weighted by atomic mass is 32.2. The molecule has 20 heavy (non-hydrogen) atoms. The fourth-order valence-corrected chi connectivity index (χ4v) is 2.74. The Kier molecular flexibility index (Phi) is 4.29. The molecule has 0 amide bonds. The quantitative estimate of drug-likeness (QED) is 0.850. The Morgan fingerprint density at radius 3 is 2.30 bits per heavy atom. The Balaban J connectivity index is 2.27. The predicted molar refractivity (Wildman–Crippen MR) is 76.9 cm³/mol. The number of sulfone groups is 1. The van der Waals surface area contributed by atoms with Crippen molar-refractivity contribution in [3.8, 4) is 11.5 Å². The minimum atomic E-state index is -3.33. The first-order valence-electron chi connectivity index (χ1n) is 6.05. The number of rotatable bonds is 5. The van der Waals surface area contributed by atoms with E-state index in [0.29, 0.717) is 17.1 Å². The highest BCUT2D eigenvalue weighted by molar-refractivity contribution is 7.90. The lowest BCUT2D eigenvalue weighted by Gasteiger charge is -2.11. The van der Waals surface area contributed by atoms with E-state index in [1.165, 1.54) is 19.4 Å². The molecule has 0 heterocycles. The third-order valence-corrected chi connectivity index (χ3v) is 3.99. The Morgan fingerprint density at radius 1 is 1.00 bits per heavy atom. The topological polar surface area (TPSA) is 52.6 Å². The van der Waals surface area contributed by atoms with Crippen LogP contribution in [-0.2, 0) is 16.4 Å². The van der Waals surface area contributed by atoms with Crippen molar-refractivity contribution in [3.63, 3.8) is 0 Å². The lowest BCUT2D eigenvalue weighted by atomic mass is 10.2. The van der Waals surface area contributed by atoms with Crippen LogP contribution in [0.2, 0.25) is 0 Å². The van der Waals surface area contributed by atoms with Crippen molar-refractivity contribution in [1.29, 1.82) is 0 Å². The molecule has 0 bridgehead atoms. The van der Waals surface area contributed by atoms with Gasteiger partial charge in [0.25, 0.3) is 0 Å². The fourth-order valence-electron chi connectivity index (χ4n) is 1.80. The van der Waals surface area contributed by atoms with E-state index in [1.54, 1.807) is 12.1 Å². The first kappa shape index (κ1) is 14.4. The molecule has 2 aromatic carbocycles. The standard InChI is InChI=1S/C15H16O4S/c1-18-14-9-8-12(15(10-14)20(2,16)17)11-19-13-6-4-3-5-7-13/h3-10H,11H2,1-2H3. The first-order valence-corrected chi connectivity index (χ1v) is 7.94. The number of hydrogen-bond donors (Lipinski definition) is 0. The zero-order valence-electron chi connectivity index (χ0n) is 11.4.